The molecule has 7 nitrogen and oxygen atoms in total. The Labute approximate surface area is 107 Å². The van der Waals surface area contributed by atoms with Crippen molar-refractivity contribution in [3.8, 4) is 5.88 Å². The maximum Gasteiger partial charge on any atom is 0.347 e. The molecule has 2 rings (SSSR count). The van der Waals surface area contributed by atoms with Gasteiger partial charge in [0, 0.05) is 30.1 Å². The molecule has 2 aromatic rings. The number of nitrogens with zero attached hydrogens (tertiary/aromatic N) is 2. The first-order valence-corrected chi connectivity index (χ1v) is 5.25. The van der Waals surface area contributed by atoms with Crippen LogP contribution in [0, 0.1) is 10.1 Å². The molecule has 0 aliphatic carbocycles. The van der Waals surface area contributed by atoms with E-state index in [2.05, 4.69) is 4.98 Å². The van der Waals surface area contributed by atoms with Crippen molar-refractivity contribution in [2.24, 2.45) is 0 Å². The molecule has 0 spiro atoms. The molecule has 0 saturated carbocycles. The van der Waals surface area contributed by atoms with Gasteiger partial charge in [-0.3, -0.25) is 10.1 Å². The van der Waals surface area contributed by atoms with Crippen LogP contribution in [0.4, 0.5) is 11.4 Å². The lowest BCUT2D eigenvalue weighted by molar-refractivity contribution is -0.384. The number of hydrogen-bond donors (Lipinski definition) is 1. The van der Waals surface area contributed by atoms with E-state index in [1.165, 1.54) is 24.4 Å². The van der Waals surface area contributed by atoms with Gasteiger partial charge >= 0.3 is 5.97 Å². The third kappa shape index (κ3) is 2.83. The smallest absolute Gasteiger partial charge is 0.347 e. The van der Waals surface area contributed by atoms with E-state index in [1.54, 1.807) is 12.1 Å². The van der Waals surface area contributed by atoms with E-state index in [-0.39, 0.29) is 22.8 Å². The van der Waals surface area contributed by atoms with Crippen molar-refractivity contribution >= 4 is 17.3 Å². The van der Waals surface area contributed by atoms with Gasteiger partial charge in [-0.25, -0.2) is 9.78 Å². The zero-order chi connectivity index (χ0) is 13.8. The highest BCUT2D eigenvalue weighted by molar-refractivity contribution is 5.96. The minimum atomic E-state index is -0.792. The lowest BCUT2D eigenvalue weighted by Crippen LogP contribution is -2.12. The first-order chi connectivity index (χ1) is 9.08. The number of carbonyl (C=O) groups excluding carboxylic acids is 1. The number of rotatable bonds is 3. The van der Waals surface area contributed by atoms with E-state index in [0.29, 0.717) is 0 Å². The van der Waals surface area contributed by atoms with E-state index in [0.717, 1.165) is 6.07 Å². The van der Waals surface area contributed by atoms with E-state index in [1.807, 2.05) is 0 Å². The Hall–Kier alpha value is -2.96. The highest BCUT2D eigenvalue weighted by Gasteiger charge is 2.17. The number of carbonyl (C=O) groups is 1. The Kier molecular flexibility index (Phi) is 3.37. The lowest BCUT2D eigenvalue weighted by Gasteiger charge is -2.05. The number of nitrogens with two attached hydrogens (primary N) is 1. The van der Waals surface area contributed by atoms with Gasteiger partial charge in [0.05, 0.1) is 10.5 Å². The summed E-state index contributed by atoms with van der Waals surface area (Å²) in [6.45, 7) is 0. The van der Waals surface area contributed by atoms with Crippen molar-refractivity contribution in [2.45, 2.75) is 0 Å². The molecule has 0 aliphatic heterocycles. The second-order valence-corrected chi connectivity index (χ2v) is 3.59. The molecule has 0 atom stereocenters. The fourth-order valence-electron chi connectivity index (χ4n) is 1.39. The molecule has 7 heteroatoms. The molecule has 19 heavy (non-hydrogen) atoms. The molecule has 0 bridgehead atoms. The maximum absolute atomic E-state index is 11.8. The molecule has 0 radical (unpaired) electrons. The van der Waals surface area contributed by atoms with Gasteiger partial charge in [0.25, 0.3) is 5.69 Å². The minimum absolute atomic E-state index is 0.0696. The second-order valence-electron chi connectivity index (χ2n) is 3.59. The first-order valence-electron chi connectivity index (χ1n) is 5.25. The number of nitro benzene ring substituents is 1. The third-order valence-electron chi connectivity index (χ3n) is 2.30. The van der Waals surface area contributed by atoms with E-state index >= 15 is 0 Å². The van der Waals surface area contributed by atoms with Crippen molar-refractivity contribution in [1.82, 2.24) is 4.98 Å². The van der Waals surface area contributed by atoms with Crippen LogP contribution in [-0.4, -0.2) is 15.9 Å². The fourth-order valence-corrected chi connectivity index (χ4v) is 1.39. The largest absolute Gasteiger partial charge is 0.404 e. The number of aromatic nitrogens is 1. The molecule has 1 aromatic heterocycles. The number of hydrogen-bond acceptors (Lipinski definition) is 6. The van der Waals surface area contributed by atoms with Crippen molar-refractivity contribution in [1.29, 1.82) is 0 Å². The van der Waals surface area contributed by atoms with Gasteiger partial charge < -0.3 is 10.5 Å². The van der Waals surface area contributed by atoms with Crippen LogP contribution in [0.25, 0.3) is 0 Å². The quantitative estimate of drug-likeness (QED) is 0.389. The summed E-state index contributed by atoms with van der Waals surface area (Å²) in [5.74, 6) is -0.696. The summed E-state index contributed by atoms with van der Waals surface area (Å²) >= 11 is 0. The van der Waals surface area contributed by atoms with E-state index < -0.39 is 10.9 Å². The standard InChI is InChI=1S/C12H9N3O4/c13-10-5-4-8(15(17)18)7-9(10)12(16)19-11-3-1-2-6-14-11/h1-7H,13H2. The molecule has 0 fully saturated rings. The summed E-state index contributed by atoms with van der Waals surface area (Å²) in [4.78, 5) is 25.7. The lowest BCUT2D eigenvalue weighted by atomic mass is 10.1. The first kappa shape index (κ1) is 12.5. The predicted molar refractivity (Wildman–Crippen MR) is 66.7 cm³/mol. The topological polar surface area (TPSA) is 108 Å². The monoisotopic (exact) mass is 259 g/mol. The SMILES string of the molecule is Nc1ccc([N+](=O)[O-])cc1C(=O)Oc1ccccn1. The maximum atomic E-state index is 11.8. The summed E-state index contributed by atoms with van der Waals surface area (Å²) < 4.78 is 4.96. The van der Waals surface area contributed by atoms with Crippen LogP contribution in [0.3, 0.4) is 0 Å². The summed E-state index contributed by atoms with van der Waals surface area (Å²) in [5.41, 5.74) is 5.40. The van der Waals surface area contributed by atoms with Crippen LogP contribution in [-0.2, 0) is 0 Å². The van der Waals surface area contributed by atoms with Gasteiger partial charge in [-0.2, -0.15) is 0 Å². The predicted octanol–water partition coefficient (Wildman–Crippen LogP) is 1.79. The molecule has 2 N–H and O–H groups in total. The van der Waals surface area contributed by atoms with Crippen molar-refractivity contribution in [2.75, 3.05) is 5.73 Å². The van der Waals surface area contributed by atoms with Crippen molar-refractivity contribution in [3.05, 3.63) is 58.3 Å². The molecule has 1 aromatic carbocycles. The molecule has 96 valence electrons. The molecule has 0 amide bonds. The van der Waals surface area contributed by atoms with Crippen molar-refractivity contribution in [3.63, 3.8) is 0 Å². The Morgan fingerprint density at radius 3 is 2.74 bits per heavy atom. The summed E-state index contributed by atoms with van der Waals surface area (Å²) in [5, 5.41) is 10.6. The average molecular weight is 259 g/mol. The Bertz CT molecular complexity index is 628. The van der Waals surface area contributed by atoms with E-state index in [9.17, 15) is 14.9 Å². The molecule has 1 heterocycles. The normalized spacial score (nSPS) is 9.89. The fraction of sp³-hybridized carbons (Fsp3) is 0. The van der Waals surface area contributed by atoms with Crippen LogP contribution in [0.1, 0.15) is 10.4 Å². The molecule has 0 unspecified atom stereocenters. The van der Waals surface area contributed by atoms with E-state index in [4.69, 9.17) is 10.5 Å². The van der Waals surface area contributed by atoms with Gasteiger partial charge in [0.2, 0.25) is 5.88 Å². The summed E-state index contributed by atoms with van der Waals surface area (Å²) in [7, 11) is 0. The zero-order valence-corrected chi connectivity index (χ0v) is 9.65. The van der Waals surface area contributed by atoms with Gasteiger partial charge in [-0.1, -0.05) is 6.07 Å². The second kappa shape index (κ2) is 5.13. The highest BCUT2D eigenvalue weighted by atomic mass is 16.6. The minimum Gasteiger partial charge on any atom is -0.404 e. The summed E-state index contributed by atoms with van der Waals surface area (Å²) in [6, 6.07) is 8.37. The zero-order valence-electron chi connectivity index (χ0n) is 9.65. The number of ether oxygens (including phenoxy) is 1. The van der Waals surface area contributed by atoms with Gasteiger partial charge in [-0.15, -0.1) is 0 Å². The van der Waals surface area contributed by atoms with Crippen LogP contribution >= 0.6 is 0 Å². The molecular weight excluding hydrogens is 250 g/mol. The highest BCUT2D eigenvalue weighted by Crippen LogP contribution is 2.21. The number of anilines is 1. The van der Waals surface area contributed by atoms with Crippen molar-refractivity contribution < 1.29 is 14.5 Å². The van der Waals surface area contributed by atoms with Gasteiger partial charge in [0.15, 0.2) is 0 Å². The average Bonchev–Trinajstić information content (AvgIpc) is 2.40. The van der Waals surface area contributed by atoms with Gasteiger partial charge in [0.1, 0.15) is 0 Å². The Balaban J connectivity index is 2.28. The Morgan fingerprint density at radius 2 is 2.11 bits per heavy atom. The number of pyridine rings is 1. The summed E-state index contributed by atoms with van der Waals surface area (Å²) in [6.07, 6.45) is 1.46. The van der Waals surface area contributed by atoms with Crippen LogP contribution in [0.5, 0.6) is 5.88 Å². The molecule has 0 saturated heterocycles. The number of non-ortho nitro benzene ring substituents is 1. The number of nitro groups is 1. The van der Waals surface area contributed by atoms with Crippen LogP contribution in [0.2, 0.25) is 0 Å². The van der Waals surface area contributed by atoms with Crippen LogP contribution in [0.15, 0.2) is 42.6 Å². The number of esters is 1. The number of benzene rings is 1. The number of nitrogen functional groups attached to an aromatic ring is 1. The Morgan fingerprint density at radius 1 is 1.32 bits per heavy atom. The van der Waals surface area contributed by atoms with Gasteiger partial charge in [-0.05, 0) is 12.1 Å². The molecular formula is C12H9N3O4. The third-order valence-corrected chi connectivity index (χ3v) is 2.30. The van der Waals surface area contributed by atoms with Crippen LogP contribution < -0.4 is 10.5 Å². The molecule has 0 aliphatic rings.